The lowest BCUT2D eigenvalue weighted by Crippen LogP contribution is -2.59. The third kappa shape index (κ3) is 6.68. The number of aromatic nitrogens is 2. The molecule has 0 amide bonds. The number of nitrogens with zero attached hydrogens (tertiary/aromatic N) is 5. The third-order valence-electron chi connectivity index (χ3n) is 10.6. The van der Waals surface area contributed by atoms with Gasteiger partial charge in [0.05, 0.1) is 17.5 Å². The van der Waals surface area contributed by atoms with Crippen molar-refractivity contribution in [3.05, 3.63) is 40.3 Å². The van der Waals surface area contributed by atoms with Crippen molar-refractivity contribution in [2.24, 2.45) is 22.9 Å². The predicted molar refractivity (Wildman–Crippen MR) is 168 cm³/mol. The van der Waals surface area contributed by atoms with Crippen LogP contribution in [0.4, 0.5) is 0 Å². The molecule has 6 rings (SSSR count). The molecule has 4 fully saturated rings. The molecule has 1 aromatic carbocycles. The zero-order valence-corrected chi connectivity index (χ0v) is 26.2. The van der Waals surface area contributed by atoms with E-state index in [2.05, 4.69) is 17.0 Å². The molecule has 0 spiro atoms. The Hall–Kier alpha value is -2.78. The number of oxime groups is 1. The van der Waals surface area contributed by atoms with Crippen molar-refractivity contribution in [1.82, 2.24) is 19.4 Å². The van der Waals surface area contributed by atoms with Crippen molar-refractivity contribution < 1.29 is 14.7 Å². The molecule has 4 aliphatic rings. The van der Waals surface area contributed by atoms with E-state index in [1.54, 1.807) is 0 Å². The Kier molecular flexibility index (Phi) is 9.19. The van der Waals surface area contributed by atoms with Crippen molar-refractivity contribution in [2.75, 3.05) is 27.2 Å². The van der Waals surface area contributed by atoms with Crippen molar-refractivity contribution in [2.45, 2.75) is 108 Å². The Balaban J connectivity index is 1.31. The molecule has 0 unspecified atom stereocenters. The highest BCUT2D eigenvalue weighted by Gasteiger charge is 2.46. The molecule has 3 heterocycles. The number of carbonyl (C=O) groups is 1. The number of benzene rings is 1. The van der Waals surface area contributed by atoms with Crippen LogP contribution in [0.25, 0.3) is 11.0 Å². The van der Waals surface area contributed by atoms with Crippen LogP contribution >= 0.6 is 0 Å². The third-order valence-corrected chi connectivity index (χ3v) is 10.6. The van der Waals surface area contributed by atoms with Gasteiger partial charge < -0.3 is 19.4 Å². The first-order valence-corrected chi connectivity index (χ1v) is 16.6. The number of hydrogen-bond acceptors (Lipinski definition) is 7. The molecular formula is C34H49N5O4. The van der Waals surface area contributed by atoms with Crippen LogP contribution in [0.5, 0.6) is 0 Å². The zero-order chi connectivity index (χ0) is 30.1. The number of carboxylic acid groups (broad SMARTS) is 1. The second-order valence-corrected chi connectivity index (χ2v) is 14.2. The second-order valence-electron chi connectivity index (χ2n) is 14.2. The van der Waals surface area contributed by atoms with Crippen LogP contribution < -0.4 is 5.56 Å². The van der Waals surface area contributed by atoms with Crippen LogP contribution in [0.1, 0.15) is 95.7 Å². The lowest BCUT2D eigenvalue weighted by Gasteiger charge is -2.55. The fourth-order valence-corrected chi connectivity index (χ4v) is 9.07. The highest BCUT2D eigenvalue weighted by molar-refractivity contribution is 6.00. The number of para-hydroxylation sites is 2. The van der Waals surface area contributed by atoms with E-state index in [4.69, 9.17) is 9.82 Å². The van der Waals surface area contributed by atoms with E-state index in [0.717, 1.165) is 41.6 Å². The average molecular weight is 592 g/mol. The summed E-state index contributed by atoms with van der Waals surface area (Å²) in [7, 11) is 3.89. The Morgan fingerprint density at radius 1 is 0.977 bits per heavy atom. The molecule has 2 aliphatic carbocycles. The maximum Gasteiger partial charge on any atom is 0.303 e. The molecule has 4 bridgehead atoms. The minimum atomic E-state index is -0.941. The molecule has 234 valence electrons. The normalized spacial score (nSPS) is 31.3. The Labute approximate surface area is 255 Å². The number of piperidine rings is 2. The van der Waals surface area contributed by atoms with Crippen LogP contribution in [0.3, 0.4) is 0 Å². The van der Waals surface area contributed by atoms with E-state index in [-0.39, 0.29) is 30.1 Å². The van der Waals surface area contributed by atoms with Crippen molar-refractivity contribution in [3.63, 3.8) is 0 Å². The second kappa shape index (κ2) is 13.1. The van der Waals surface area contributed by atoms with Gasteiger partial charge in [-0.1, -0.05) is 30.6 Å². The van der Waals surface area contributed by atoms with Gasteiger partial charge in [-0.25, -0.2) is 4.98 Å². The van der Waals surface area contributed by atoms with Gasteiger partial charge in [-0.2, -0.15) is 0 Å². The van der Waals surface area contributed by atoms with Gasteiger partial charge in [0, 0.05) is 37.1 Å². The topological polar surface area (TPSA) is 100 Å². The smallest absolute Gasteiger partial charge is 0.303 e. The summed E-state index contributed by atoms with van der Waals surface area (Å²) in [6, 6.07) is 9.60. The molecule has 7 atom stereocenters. The molecule has 0 radical (unpaired) electrons. The van der Waals surface area contributed by atoms with Gasteiger partial charge in [-0.3, -0.25) is 14.5 Å². The van der Waals surface area contributed by atoms with Crippen molar-refractivity contribution in [3.8, 4) is 0 Å². The van der Waals surface area contributed by atoms with E-state index >= 15 is 0 Å². The summed E-state index contributed by atoms with van der Waals surface area (Å²) in [5.41, 5.74) is 1.92. The summed E-state index contributed by atoms with van der Waals surface area (Å²) in [5.74, 6) is 1.69. The highest BCUT2D eigenvalue weighted by Crippen LogP contribution is 2.48. The van der Waals surface area contributed by atoms with Crippen LogP contribution in [0, 0.1) is 17.8 Å². The summed E-state index contributed by atoms with van der Waals surface area (Å²) >= 11 is 0. The summed E-state index contributed by atoms with van der Waals surface area (Å²) in [6.45, 7) is 3.45. The first kappa shape index (κ1) is 30.3. The summed E-state index contributed by atoms with van der Waals surface area (Å²) in [4.78, 5) is 41.1. The van der Waals surface area contributed by atoms with Gasteiger partial charge in [0.2, 0.25) is 0 Å². The summed E-state index contributed by atoms with van der Waals surface area (Å²) < 4.78 is 1.98. The Morgan fingerprint density at radius 3 is 2.35 bits per heavy atom. The quantitative estimate of drug-likeness (QED) is 0.227. The van der Waals surface area contributed by atoms with Crippen molar-refractivity contribution in [1.29, 1.82) is 0 Å². The summed E-state index contributed by atoms with van der Waals surface area (Å²) in [5, 5.41) is 13.7. The zero-order valence-electron chi connectivity index (χ0n) is 26.2. The predicted octanol–water partition coefficient (Wildman–Crippen LogP) is 5.32. The van der Waals surface area contributed by atoms with Crippen LogP contribution in [-0.4, -0.2) is 81.5 Å². The largest absolute Gasteiger partial charge is 0.481 e. The van der Waals surface area contributed by atoms with Gasteiger partial charge in [0.1, 0.15) is 12.3 Å². The summed E-state index contributed by atoms with van der Waals surface area (Å²) in [6.07, 6.45) is 12.4. The first-order chi connectivity index (χ1) is 20.8. The van der Waals surface area contributed by atoms with Crippen molar-refractivity contribution >= 4 is 22.7 Å². The molecule has 9 nitrogen and oxygen atoms in total. The maximum absolute atomic E-state index is 14.4. The SMILES string of the molecule is C[C@@H]1C[C@@H]2C[C@H](C1)C[C@@H](N1[C@@H]3CCC[C@H]1C[C@@H](n1c(=O)c(/C(CCC(=O)O)=N/OCCN(C)C)nc4ccccc41)C3)C2. The number of likely N-dealkylation sites (N-methyl/N-ethyl adjacent to an activating group) is 1. The molecular weight excluding hydrogens is 542 g/mol. The lowest BCUT2D eigenvalue weighted by atomic mass is 9.65. The Morgan fingerprint density at radius 2 is 1.67 bits per heavy atom. The fourth-order valence-electron chi connectivity index (χ4n) is 9.07. The van der Waals surface area contributed by atoms with E-state index < -0.39 is 5.97 Å². The molecule has 1 N–H and O–H groups in total. The highest BCUT2D eigenvalue weighted by atomic mass is 16.6. The molecule has 2 saturated carbocycles. The molecule has 2 aliphatic heterocycles. The number of hydrogen-bond donors (Lipinski definition) is 1. The van der Waals surface area contributed by atoms with E-state index in [0.29, 0.717) is 37.0 Å². The first-order valence-electron chi connectivity index (χ1n) is 16.6. The standard InChI is InChI=1S/C34H49N5O4/c1-22-15-23-17-24(16-22)19-27(18-23)38-25-7-6-8-26(38)21-28(20-25)39-31-10-5-4-9-29(31)35-33(34(39)42)30(11-12-32(40)41)36-43-14-13-37(2)3/h4-5,9-10,22-28H,6-8,11-21H2,1-3H3,(H,40,41)/b36-30+/t22-,23-,24+,25-,26+,27+,28+. The van der Waals surface area contributed by atoms with Crippen LogP contribution in [-0.2, 0) is 9.63 Å². The number of fused-ring (bicyclic) bond motifs is 5. The van der Waals surface area contributed by atoms with Gasteiger partial charge >= 0.3 is 5.97 Å². The lowest BCUT2D eigenvalue weighted by molar-refractivity contribution is -0.136. The molecule has 9 heteroatoms. The minimum absolute atomic E-state index is 0.0733. The monoisotopic (exact) mass is 591 g/mol. The average Bonchev–Trinajstić information content (AvgIpc) is 2.95. The molecule has 43 heavy (non-hydrogen) atoms. The van der Waals surface area contributed by atoms with Crippen LogP contribution in [0.2, 0.25) is 0 Å². The molecule has 2 aromatic rings. The minimum Gasteiger partial charge on any atom is -0.481 e. The molecule has 2 saturated heterocycles. The Bertz CT molecular complexity index is 1360. The number of aliphatic carboxylic acids is 1. The van der Waals surface area contributed by atoms with E-state index in [9.17, 15) is 14.7 Å². The van der Waals surface area contributed by atoms with Crippen LogP contribution in [0.15, 0.2) is 34.2 Å². The number of rotatable bonds is 10. The van der Waals surface area contributed by atoms with E-state index in [1.165, 1.54) is 51.4 Å². The van der Waals surface area contributed by atoms with Gasteiger partial charge in [-0.05, 0) is 102 Å². The van der Waals surface area contributed by atoms with E-state index in [1.807, 2.05) is 47.8 Å². The van der Waals surface area contributed by atoms with Gasteiger partial charge in [0.15, 0.2) is 5.69 Å². The fraction of sp³-hybridized carbons (Fsp3) is 0.706. The maximum atomic E-state index is 14.4. The van der Waals surface area contributed by atoms with Gasteiger partial charge in [0.25, 0.3) is 5.56 Å². The number of carboxylic acids is 1. The van der Waals surface area contributed by atoms with Gasteiger partial charge in [-0.15, -0.1) is 0 Å². The molecule has 1 aromatic heterocycles.